The zero-order valence-corrected chi connectivity index (χ0v) is 11.2. The Hall–Kier alpha value is -0.920. The van der Waals surface area contributed by atoms with Crippen molar-refractivity contribution in [2.45, 2.75) is 31.0 Å². The molecule has 0 saturated heterocycles. The standard InChI is InChI=1S/C10H13N3O2S2/c1-6(14)7(2)16-4-8-3-9(15)13-10(12-8)17-5-11-13/h3,5-7,14H,4H2,1-2H3. The molecule has 2 aromatic rings. The fraction of sp³-hybridized carbons (Fsp3) is 0.500. The van der Waals surface area contributed by atoms with E-state index in [1.54, 1.807) is 24.2 Å². The van der Waals surface area contributed by atoms with E-state index < -0.39 is 0 Å². The van der Waals surface area contributed by atoms with Crippen molar-refractivity contribution in [1.29, 1.82) is 0 Å². The van der Waals surface area contributed by atoms with Crippen LogP contribution in [-0.4, -0.2) is 31.1 Å². The topological polar surface area (TPSA) is 67.5 Å². The van der Waals surface area contributed by atoms with Crippen LogP contribution in [0.1, 0.15) is 19.5 Å². The van der Waals surface area contributed by atoms with Crippen LogP contribution in [0.25, 0.3) is 4.96 Å². The molecule has 2 rings (SSSR count). The second-order valence-corrected chi connectivity index (χ2v) is 5.95. The first-order chi connectivity index (χ1) is 8.08. The Labute approximate surface area is 107 Å². The Balaban J connectivity index is 2.16. The van der Waals surface area contributed by atoms with Gasteiger partial charge < -0.3 is 5.11 Å². The molecule has 7 heteroatoms. The van der Waals surface area contributed by atoms with Crippen LogP contribution >= 0.6 is 23.1 Å². The zero-order chi connectivity index (χ0) is 12.4. The maximum absolute atomic E-state index is 11.6. The summed E-state index contributed by atoms with van der Waals surface area (Å²) < 4.78 is 1.29. The molecule has 0 bridgehead atoms. The van der Waals surface area contributed by atoms with E-state index in [4.69, 9.17) is 0 Å². The highest BCUT2D eigenvalue weighted by Crippen LogP contribution is 2.19. The van der Waals surface area contributed by atoms with Gasteiger partial charge in [0.1, 0.15) is 5.51 Å². The Bertz CT molecular complexity index is 564. The van der Waals surface area contributed by atoms with Crippen LogP contribution in [0.5, 0.6) is 0 Å². The second kappa shape index (κ2) is 5.16. The van der Waals surface area contributed by atoms with Crippen molar-refractivity contribution < 1.29 is 5.11 Å². The van der Waals surface area contributed by atoms with Gasteiger partial charge >= 0.3 is 0 Å². The van der Waals surface area contributed by atoms with Crippen LogP contribution in [0, 0.1) is 0 Å². The van der Waals surface area contributed by atoms with Gasteiger partial charge in [-0.2, -0.15) is 9.61 Å². The van der Waals surface area contributed by atoms with Gasteiger partial charge in [0.2, 0.25) is 4.96 Å². The van der Waals surface area contributed by atoms with Crippen molar-refractivity contribution in [2.24, 2.45) is 0 Å². The lowest BCUT2D eigenvalue weighted by molar-refractivity contribution is 0.196. The Morgan fingerprint density at radius 2 is 2.35 bits per heavy atom. The first-order valence-electron chi connectivity index (χ1n) is 5.20. The molecule has 2 atom stereocenters. The Morgan fingerprint density at radius 1 is 1.59 bits per heavy atom. The Kier molecular flexibility index (Phi) is 3.80. The molecular weight excluding hydrogens is 258 g/mol. The molecule has 2 heterocycles. The molecule has 0 aliphatic carbocycles. The molecular formula is C10H13N3O2S2. The molecule has 2 aromatic heterocycles. The van der Waals surface area contributed by atoms with E-state index in [1.165, 1.54) is 21.9 Å². The predicted octanol–water partition coefficient (Wildman–Crippen LogP) is 1.15. The number of hydrogen-bond donors (Lipinski definition) is 1. The largest absolute Gasteiger partial charge is 0.392 e. The fourth-order valence-corrected chi connectivity index (χ4v) is 2.73. The molecule has 1 N–H and O–H groups in total. The van der Waals surface area contributed by atoms with Crippen molar-refractivity contribution in [3.05, 3.63) is 27.6 Å². The van der Waals surface area contributed by atoms with Crippen molar-refractivity contribution in [3.63, 3.8) is 0 Å². The average Bonchev–Trinajstić information content (AvgIpc) is 2.74. The number of nitrogens with zero attached hydrogens (tertiary/aromatic N) is 3. The summed E-state index contributed by atoms with van der Waals surface area (Å²) in [6.45, 7) is 3.71. The molecule has 0 aromatic carbocycles. The summed E-state index contributed by atoms with van der Waals surface area (Å²) in [5, 5.41) is 13.4. The maximum atomic E-state index is 11.6. The third-order valence-corrected chi connectivity index (χ3v) is 4.47. The maximum Gasteiger partial charge on any atom is 0.275 e. The van der Waals surface area contributed by atoms with E-state index >= 15 is 0 Å². The number of aliphatic hydroxyl groups is 1. The lowest BCUT2D eigenvalue weighted by atomic mass is 10.3. The normalized spacial score (nSPS) is 15.0. The van der Waals surface area contributed by atoms with E-state index in [9.17, 15) is 9.90 Å². The van der Waals surface area contributed by atoms with Gasteiger partial charge in [0.25, 0.3) is 5.56 Å². The highest BCUT2D eigenvalue weighted by atomic mass is 32.2. The Morgan fingerprint density at radius 3 is 3.06 bits per heavy atom. The number of thioether (sulfide) groups is 1. The summed E-state index contributed by atoms with van der Waals surface area (Å²) in [5.41, 5.74) is 2.17. The van der Waals surface area contributed by atoms with Gasteiger partial charge in [0.05, 0.1) is 11.8 Å². The molecule has 0 saturated carbocycles. The van der Waals surface area contributed by atoms with Crippen molar-refractivity contribution in [3.8, 4) is 0 Å². The van der Waals surface area contributed by atoms with E-state index in [2.05, 4.69) is 10.1 Å². The molecule has 0 fully saturated rings. The minimum Gasteiger partial charge on any atom is -0.392 e. The molecule has 0 aliphatic rings. The predicted molar refractivity (Wildman–Crippen MR) is 69.6 cm³/mol. The van der Waals surface area contributed by atoms with Gasteiger partial charge in [-0.3, -0.25) is 4.79 Å². The molecule has 5 nitrogen and oxygen atoms in total. The third-order valence-electron chi connectivity index (χ3n) is 2.41. The zero-order valence-electron chi connectivity index (χ0n) is 9.53. The third kappa shape index (κ3) is 2.85. The summed E-state index contributed by atoms with van der Waals surface area (Å²) in [7, 11) is 0. The van der Waals surface area contributed by atoms with Crippen LogP contribution in [-0.2, 0) is 5.75 Å². The molecule has 17 heavy (non-hydrogen) atoms. The monoisotopic (exact) mass is 271 g/mol. The number of fused-ring (bicyclic) bond motifs is 1. The summed E-state index contributed by atoms with van der Waals surface area (Å²) in [5.74, 6) is 0.621. The quantitative estimate of drug-likeness (QED) is 0.903. The minimum absolute atomic E-state index is 0.122. The van der Waals surface area contributed by atoms with E-state index in [0.29, 0.717) is 10.7 Å². The summed E-state index contributed by atoms with van der Waals surface area (Å²) in [4.78, 5) is 16.6. The van der Waals surface area contributed by atoms with Crippen LogP contribution in [0.3, 0.4) is 0 Å². The van der Waals surface area contributed by atoms with Gasteiger partial charge in [-0.25, -0.2) is 4.98 Å². The van der Waals surface area contributed by atoms with Gasteiger partial charge in [0, 0.05) is 17.1 Å². The van der Waals surface area contributed by atoms with Crippen molar-refractivity contribution in [2.75, 3.05) is 0 Å². The van der Waals surface area contributed by atoms with Crippen molar-refractivity contribution in [1.82, 2.24) is 14.6 Å². The number of aliphatic hydroxyl groups excluding tert-OH is 1. The molecule has 92 valence electrons. The number of hydrogen-bond acceptors (Lipinski definition) is 6. The van der Waals surface area contributed by atoms with Crippen LogP contribution < -0.4 is 5.56 Å². The van der Waals surface area contributed by atoms with Gasteiger partial charge in [-0.15, -0.1) is 11.8 Å². The van der Waals surface area contributed by atoms with E-state index in [1.807, 2.05) is 6.92 Å². The molecule has 0 spiro atoms. The van der Waals surface area contributed by atoms with E-state index in [-0.39, 0.29) is 16.9 Å². The van der Waals surface area contributed by atoms with Crippen LogP contribution in [0.15, 0.2) is 16.4 Å². The first-order valence-corrected chi connectivity index (χ1v) is 7.13. The smallest absolute Gasteiger partial charge is 0.275 e. The second-order valence-electron chi connectivity index (χ2n) is 3.78. The molecule has 0 radical (unpaired) electrons. The summed E-state index contributed by atoms with van der Waals surface area (Å²) in [6.07, 6.45) is -0.367. The molecule has 2 unspecified atom stereocenters. The SMILES string of the molecule is CC(O)C(C)SCc1cc(=O)n2ncsc2n1. The fourth-order valence-electron chi connectivity index (χ4n) is 1.23. The van der Waals surface area contributed by atoms with Crippen LogP contribution in [0.2, 0.25) is 0 Å². The number of rotatable bonds is 4. The number of aromatic nitrogens is 3. The minimum atomic E-state index is -0.367. The van der Waals surface area contributed by atoms with Crippen LogP contribution in [0.4, 0.5) is 0 Å². The lowest BCUT2D eigenvalue weighted by Crippen LogP contribution is -2.17. The molecule has 0 amide bonds. The van der Waals surface area contributed by atoms with Gasteiger partial charge in [-0.1, -0.05) is 18.3 Å². The molecule has 0 aliphatic heterocycles. The van der Waals surface area contributed by atoms with Gasteiger partial charge in [-0.05, 0) is 6.92 Å². The van der Waals surface area contributed by atoms with Gasteiger partial charge in [0.15, 0.2) is 0 Å². The highest BCUT2D eigenvalue weighted by Gasteiger charge is 2.11. The first kappa shape index (κ1) is 12.5. The highest BCUT2D eigenvalue weighted by molar-refractivity contribution is 7.99. The average molecular weight is 271 g/mol. The summed E-state index contributed by atoms with van der Waals surface area (Å²) in [6, 6.07) is 1.49. The summed E-state index contributed by atoms with van der Waals surface area (Å²) >= 11 is 2.92. The lowest BCUT2D eigenvalue weighted by Gasteiger charge is -2.13. The van der Waals surface area contributed by atoms with E-state index in [0.717, 1.165) is 5.69 Å². The van der Waals surface area contributed by atoms with Crippen molar-refractivity contribution >= 4 is 28.1 Å².